The summed E-state index contributed by atoms with van der Waals surface area (Å²) in [6, 6.07) is 2.01. The number of carbonyl (C=O) groups excluding carboxylic acids is 3. The number of carbonyl (C=O) groups is 4. The van der Waals surface area contributed by atoms with E-state index in [0.29, 0.717) is 5.56 Å². The number of benzene rings is 1. The van der Waals surface area contributed by atoms with Crippen LogP contribution < -0.4 is 21.7 Å². The molecule has 154 valence electrons. The fourth-order valence-corrected chi connectivity index (χ4v) is 2.16. The van der Waals surface area contributed by atoms with Gasteiger partial charge in [0, 0.05) is 6.42 Å². The minimum Gasteiger partial charge on any atom is -0.508 e. The van der Waals surface area contributed by atoms with Crippen LogP contribution in [0.15, 0.2) is 24.3 Å². The van der Waals surface area contributed by atoms with E-state index < -0.39 is 47.9 Å². The summed E-state index contributed by atoms with van der Waals surface area (Å²) in [5, 5.41) is 25.6. The average Bonchev–Trinajstić information content (AvgIpc) is 2.62. The fraction of sp³-hybridized carbons (Fsp3) is 0.444. The summed E-state index contributed by atoms with van der Waals surface area (Å²) in [7, 11) is 0. The highest BCUT2D eigenvalue weighted by atomic mass is 16.4. The number of rotatable bonds is 9. The number of carboxylic acid groups (broad SMARTS) is 1. The standard InChI is InChI=1S/C18H26N4O6/c1-9(19)15(24)20-10(2)16(25)22-14(17(26)21-11(3)18(27)28)8-12-4-6-13(23)7-5-12/h4-7,9-11,14,23H,8,19H2,1-3H3,(H,20,24)(H,21,26)(H,22,25)(H,27,28)/t9-,10-,11-,14-/m0/s1. The molecule has 10 heteroatoms. The normalized spacial score (nSPS) is 14.9. The van der Waals surface area contributed by atoms with Gasteiger partial charge in [0.25, 0.3) is 0 Å². The maximum Gasteiger partial charge on any atom is 0.325 e. The molecule has 1 aromatic carbocycles. The monoisotopic (exact) mass is 394 g/mol. The maximum atomic E-state index is 12.5. The van der Waals surface area contributed by atoms with Gasteiger partial charge in [-0.25, -0.2) is 0 Å². The molecule has 0 saturated heterocycles. The topological polar surface area (TPSA) is 171 Å². The highest BCUT2D eigenvalue weighted by molar-refractivity contribution is 5.93. The number of aliphatic carboxylic acids is 1. The van der Waals surface area contributed by atoms with E-state index in [4.69, 9.17) is 10.8 Å². The number of phenols is 1. The molecule has 1 rings (SSSR count). The highest BCUT2D eigenvalue weighted by Gasteiger charge is 2.27. The Bertz CT molecular complexity index is 719. The molecule has 1 aromatic rings. The zero-order valence-electron chi connectivity index (χ0n) is 15.9. The predicted octanol–water partition coefficient (Wildman–Crippen LogP) is -1.14. The summed E-state index contributed by atoms with van der Waals surface area (Å²) in [5.41, 5.74) is 6.08. The number of nitrogens with one attached hydrogen (secondary N) is 3. The Labute approximate surface area is 162 Å². The fourth-order valence-electron chi connectivity index (χ4n) is 2.16. The average molecular weight is 394 g/mol. The van der Waals surface area contributed by atoms with Gasteiger partial charge >= 0.3 is 5.97 Å². The third kappa shape index (κ3) is 7.23. The first kappa shape index (κ1) is 22.9. The van der Waals surface area contributed by atoms with E-state index in [1.807, 2.05) is 0 Å². The third-order valence-electron chi connectivity index (χ3n) is 3.90. The molecule has 0 saturated carbocycles. The molecule has 0 aliphatic carbocycles. The molecule has 3 amide bonds. The van der Waals surface area contributed by atoms with Gasteiger partial charge in [-0.15, -0.1) is 0 Å². The van der Waals surface area contributed by atoms with Crippen LogP contribution in [0.5, 0.6) is 5.75 Å². The van der Waals surface area contributed by atoms with E-state index in [9.17, 15) is 24.3 Å². The van der Waals surface area contributed by atoms with Crippen molar-refractivity contribution in [2.24, 2.45) is 5.73 Å². The van der Waals surface area contributed by atoms with Gasteiger partial charge in [0.1, 0.15) is 23.9 Å². The largest absolute Gasteiger partial charge is 0.508 e. The quantitative estimate of drug-likeness (QED) is 0.307. The molecule has 10 nitrogen and oxygen atoms in total. The van der Waals surface area contributed by atoms with Gasteiger partial charge in [0.15, 0.2) is 0 Å². The predicted molar refractivity (Wildman–Crippen MR) is 100 cm³/mol. The second-order valence-electron chi connectivity index (χ2n) is 6.52. The van der Waals surface area contributed by atoms with Crippen molar-refractivity contribution in [1.29, 1.82) is 0 Å². The van der Waals surface area contributed by atoms with Crippen LogP contribution in [0.2, 0.25) is 0 Å². The van der Waals surface area contributed by atoms with E-state index in [0.717, 1.165) is 0 Å². The van der Waals surface area contributed by atoms with Crippen molar-refractivity contribution >= 4 is 23.7 Å². The van der Waals surface area contributed by atoms with Gasteiger partial charge < -0.3 is 31.9 Å². The molecule has 0 aliphatic heterocycles. The van der Waals surface area contributed by atoms with Crippen molar-refractivity contribution in [2.45, 2.75) is 51.4 Å². The number of carboxylic acids is 1. The molecule has 0 unspecified atom stereocenters. The Morgan fingerprint density at radius 2 is 1.43 bits per heavy atom. The lowest BCUT2D eigenvalue weighted by atomic mass is 10.0. The van der Waals surface area contributed by atoms with Gasteiger partial charge in [-0.3, -0.25) is 19.2 Å². The maximum absolute atomic E-state index is 12.5. The number of phenolic OH excluding ortho intramolecular Hbond substituents is 1. The van der Waals surface area contributed by atoms with Gasteiger partial charge in [-0.05, 0) is 38.5 Å². The number of hydrogen-bond donors (Lipinski definition) is 6. The van der Waals surface area contributed by atoms with Crippen LogP contribution >= 0.6 is 0 Å². The summed E-state index contributed by atoms with van der Waals surface area (Å²) < 4.78 is 0. The third-order valence-corrected chi connectivity index (χ3v) is 3.90. The van der Waals surface area contributed by atoms with E-state index in [1.165, 1.54) is 32.9 Å². The molecule has 7 N–H and O–H groups in total. The molecule has 0 bridgehead atoms. The molecule has 28 heavy (non-hydrogen) atoms. The zero-order valence-corrected chi connectivity index (χ0v) is 15.9. The van der Waals surface area contributed by atoms with Crippen LogP contribution in [-0.4, -0.2) is 58.1 Å². The smallest absolute Gasteiger partial charge is 0.325 e. The van der Waals surface area contributed by atoms with Gasteiger partial charge in [-0.1, -0.05) is 12.1 Å². The molecule has 0 aromatic heterocycles. The first-order valence-electron chi connectivity index (χ1n) is 8.68. The molecule has 0 spiro atoms. The lowest BCUT2D eigenvalue weighted by Crippen LogP contribution is -2.56. The van der Waals surface area contributed by atoms with Crippen LogP contribution in [-0.2, 0) is 25.6 Å². The summed E-state index contributed by atoms with van der Waals surface area (Å²) in [5.74, 6) is -3.03. The Morgan fingerprint density at radius 3 is 1.93 bits per heavy atom. The van der Waals surface area contributed by atoms with Crippen molar-refractivity contribution in [3.05, 3.63) is 29.8 Å². The van der Waals surface area contributed by atoms with Gasteiger partial charge in [0.2, 0.25) is 17.7 Å². The van der Waals surface area contributed by atoms with Crippen LogP contribution in [0, 0.1) is 0 Å². The summed E-state index contributed by atoms with van der Waals surface area (Å²) >= 11 is 0. The van der Waals surface area contributed by atoms with E-state index in [-0.39, 0.29) is 12.2 Å². The van der Waals surface area contributed by atoms with Crippen molar-refractivity contribution in [2.75, 3.05) is 0 Å². The molecular formula is C18H26N4O6. The molecule has 0 fully saturated rings. The lowest BCUT2D eigenvalue weighted by Gasteiger charge is -2.23. The number of hydrogen-bond acceptors (Lipinski definition) is 6. The minimum absolute atomic E-state index is 0.0422. The van der Waals surface area contributed by atoms with Crippen molar-refractivity contribution in [3.8, 4) is 5.75 Å². The molecule has 4 atom stereocenters. The molecule has 0 aliphatic rings. The highest BCUT2D eigenvalue weighted by Crippen LogP contribution is 2.11. The SMILES string of the molecule is C[C@H](N)C(=O)N[C@@H](C)C(=O)N[C@@H](Cc1ccc(O)cc1)C(=O)N[C@@H](C)C(=O)O. The van der Waals surface area contributed by atoms with Gasteiger partial charge in [0.05, 0.1) is 6.04 Å². The van der Waals surface area contributed by atoms with E-state index in [2.05, 4.69) is 16.0 Å². The Balaban J connectivity index is 2.91. The second-order valence-corrected chi connectivity index (χ2v) is 6.52. The van der Waals surface area contributed by atoms with Crippen LogP contribution in [0.25, 0.3) is 0 Å². The lowest BCUT2D eigenvalue weighted by molar-refractivity contribution is -0.141. The first-order chi connectivity index (χ1) is 13.0. The summed E-state index contributed by atoms with van der Waals surface area (Å²) in [4.78, 5) is 47.5. The Hall–Kier alpha value is -3.14. The zero-order chi connectivity index (χ0) is 21.4. The summed E-state index contributed by atoms with van der Waals surface area (Å²) in [6.45, 7) is 4.20. The van der Waals surface area contributed by atoms with E-state index in [1.54, 1.807) is 12.1 Å². The van der Waals surface area contributed by atoms with Crippen LogP contribution in [0.3, 0.4) is 0 Å². The van der Waals surface area contributed by atoms with Crippen LogP contribution in [0.1, 0.15) is 26.3 Å². The van der Waals surface area contributed by atoms with E-state index >= 15 is 0 Å². The summed E-state index contributed by atoms with van der Waals surface area (Å²) in [6.07, 6.45) is 0.0537. The molecule has 0 radical (unpaired) electrons. The Kier molecular flexibility index (Phi) is 8.39. The number of nitrogens with two attached hydrogens (primary N) is 1. The van der Waals surface area contributed by atoms with Crippen molar-refractivity contribution in [3.63, 3.8) is 0 Å². The molecule has 0 heterocycles. The first-order valence-corrected chi connectivity index (χ1v) is 8.68. The van der Waals surface area contributed by atoms with Crippen molar-refractivity contribution in [1.82, 2.24) is 16.0 Å². The minimum atomic E-state index is -1.22. The number of amides is 3. The molecular weight excluding hydrogens is 368 g/mol. The van der Waals surface area contributed by atoms with Gasteiger partial charge in [-0.2, -0.15) is 0 Å². The van der Waals surface area contributed by atoms with Crippen LogP contribution in [0.4, 0.5) is 0 Å². The second kappa shape index (κ2) is 10.3. The number of aromatic hydroxyl groups is 1. The Morgan fingerprint density at radius 1 is 0.893 bits per heavy atom. The van der Waals surface area contributed by atoms with Crippen molar-refractivity contribution < 1.29 is 29.4 Å².